The van der Waals surface area contributed by atoms with Crippen molar-refractivity contribution in [2.75, 3.05) is 26.7 Å². The molecule has 1 aliphatic rings. The number of aryl methyl sites for hydroxylation is 1. The number of benzene rings is 1. The number of amides is 1. The third-order valence-corrected chi connectivity index (χ3v) is 5.03. The predicted octanol–water partition coefficient (Wildman–Crippen LogP) is 2.55. The highest BCUT2D eigenvalue weighted by Crippen LogP contribution is 2.21. The fraction of sp³-hybridized carbons (Fsp3) is 0.600. The number of hydrogen-bond donors (Lipinski definition) is 1. The minimum absolute atomic E-state index is 0.0253. The molecule has 1 aromatic rings. The van der Waals surface area contributed by atoms with Crippen molar-refractivity contribution in [3.8, 4) is 5.75 Å². The Bertz CT molecular complexity index is 620. The van der Waals surface area contributed by atoms with Gasteiger partial charge in [0.2, 0.25) is 0 Å². The summed E-state index contributed by atoms with van der Waals surface area (Å²) in [5.74, 6) is -0.0405. The van der Waals surface area contributed by atoms with Crippen molar-refractivity contribution in [2.45, 2.75) is 51.7 Å². The number of ether oxygens (including phenoxy) is 1. The number of likely N-dealkylation sites (tertiary alicyclic amines) is 1. The molecule has 1 fully saturated rings. The number of para-hydroxylation sites is 1. The number of carboxylic acid groups (broad SMARTS) is 1. The summed E-state index contributed by atoms with van der Waals surface area (Å²) in [6, 6.07) is 7.93. The van der Waals surface area contributed by atoms with Crippen LogP contribution < -0.4 is 4.74 Å². The predicted molar refractivity (Wildman–Crippen MR) is 100 cm³/mol. The average Bonchev–Trinajstić information content (AvgIpc) is 2.86. The molecule has 0 radical (unpaired) electrons. The summed E-state index contributed by atoms with van der Waals surface area (Å²) in [6.07, 6.45) is 2.70. The van der Waals surface area contributed by atoms with Crippen LogP contribution in [0.25, 0.3) is 0 Å². The number of carbonyl (C=O) groups excluding carboxylic acids is 1. The van der Waals surface area contributed by atoms with Gasteiger partial charge in [-0.2, -0.15) is 0 Å². The van der Waals surface area contributed by atoms with Gasteiger partial charge < -0.3 is 14.7 Å². The third kappa shape index (κ3) is 5.46. The van der Waals surface area contributed by atoms with Gasteiger partial charge in [0.15, 0.2) is 6.10 Å². The first-order chi connectivity index (χ1) is 12.4. The molecule has 2 rings (SSSR count). The first-order valence-corrected chi connectivity index (χ1v) is 9.35. The Morgan fingerprint density at radius 2 is 2.04 bits per heavy atom. The largest absolute Gasteiger partial charge is 0.480 e. The lowest BCUT2D eigenvalue weighted by molar-refractivity contribution is -0.140. The zero-order valence-corrected chi connectivity index (χ0v) is 16.0. The normalized spacial score (nSPS) is 19.1. The highest BCUT2D eigenvalue weighted by molar-refractivity contribution is 5.81. The summed E-state index contributed by atoms with van der Waals surface area (Å²) >= 11 is 0. The maximum absolute atomic E-state index is 12.9. The van der Waals surface area contributed by atoms with Gasteiger partial charge in [-0.05, 0) is 51.3 Å². The number of carboxylic acids is 1. The van der Waals surface area contributed by atoms with Gasteiger partial charge in [-0.3, -0.25) is 14.5 Å². The third-order valence-electron chi connectivity index (χ3n) is 5.03. The van der Waals surface area contributed by atoms with E-state index in [0.29, 0.717) is 19.5 Å². The molecule has 0 aliphatic carbocycles. The van der Waals surface area contributed by atoms with E-state index in [0.717, 1.165) is 30.6 Å². The molecule has 0 saturated carbocycles. The number of likely N-dealkylation sites (N-methyl/N-ethyl adjacent to an activating group) is 1. The second kappa shape index (κ2) is 9.57. The Hall–Kier alpha value is -2.08. The zero-order chi connectivity index (χ0) is 19.1. The minimum atomic E-state index is -0.817. The van der Waals surface area contributed by atoms with E-state index in [-0.39, 0.29) is 18.5 Å². The number of aliphatic carboxylic acids is 1. The molecule has 6 heteroatoms. The lowest BCUT2D eigenvalue weighted by Gasteiger charge is -2.27. The molecule has 1 aromatic carbocycles. The van der Waals surface area contributed by atoms with Crippen LogP contribution in [-0.2, 0) is 9.59 Å². The Kier molecular flexibility index (Phi) is 7.45. The number of rotatable bonds is 7. The van der Waals surface area contributed by atoms with Crippen molar-refractivity contribution in [1.29, 1.82) is 0 Å². The number of nitrogens with zero attached hydrogens (tertiary/aromatic N) is 2. The molecule has 0 aromatic heterocycles. The lowest BCUT2D eigenvalue weighted by atomic mass is 10.1. The topological polar surface area (TPSA) is 70.1 Å². The van der Waals surface area contributed by atoms with E-state index in [1.54, 1.807) is 0 Å². The van der Waals surface area contributed by atoms with Gasteiger partial charge in [-0.1, -0.05) is 25.1 Å². The van der Waals surface area contributed by atoms with Gasteiger partial charge in [0, 0.05) is 19.1 Å². The van der Waals surface area contributed by atoms with Crippen molar-refractivity contribution in [1.82, 2.24) is 9.80 Å². The lowest BCUT2D eigenvalue weighted by Crippen LogP contribution is -2.43. The van der Waals surface area contributed by atoms with Crippen LogP contribution in [0.15, 0.2) is 24.3 Å². The van der Waals surface area contributed by atoms with Crippen LogP contribution in [-0.4, -0.2) is 65.6 Å². The van der Waals surface area contributed by atoms with Crippen LogP contribution in [0.5, 0.6) is 5.75 Å². The summed E-state index contributed by atoms with van der Waals surface area (Å²) in [5.41, 5.74) is 1.02. The SMILES string of the molecule is CCC(Oc1ccccc1C)C(=O)N1CCCC(N(C)CC(=O)O)CC1. The molecular formula is C20H30N2O4. The molecule has 0 bridgehead atoms. The molecule has 2 atom stereocenters. The number of hydrogen-bond acceptors (Lipinski definition) is 4. The van der Waals surface area contributed by atoms with Crippen LogP contribution in [0.3, 0.4) is 0 Å². The van der Waals surface area contributed by atoms with E-state index < -0.39 is 12.1 Å². The van der Waals surface area contributed by atoms with Crippen molar-refractivity contribution in [3.63, 3.8) is 0 Å². The van der Waals surface area contributed by atoms with Crippen LogP contribution in [0, 0.1) is 6.92 Å². The monoisotopic (exact) mass is 362 g/mol. The molecule has 2 unspecified atom stereocenters. The van der Waals surface area contributed by atoms with E-state index in [9.17, 15) is 9.59 Å². The Morgan fingerprint density at radius 1 is 1.31 bits per heavy atom. The smallest absolute Gasteiger partial charge is 0.317 e. The minimum Gasteiger partial charge on any atom is -0.480 e. The first-order valence-electron chi connectivity index (χ1n) is 9.35. The zero-order valence-electron chi connectivity index (χ0n) is 16.0. The molecule has 26 heavy (non-hydrogen) atoms. The second-order valence-corrected chi connectivity index (χ2v) is 7.00. The fourth-order valence-corrected chi connectivity index (χ4v) is 3.44. The highest BCUT2D eigenvalue weighted by Gasteiger charge is 2.28. The molecular weight excluding hydrogens is 332 g/mol. The van der Waals surface area contributed by atoms with Gasteiger partial charge in [0.05, 0.1) is 6.54 Å². The average molecular weight is 362 g/mol. The summed E-state index contributed by atoms with van der Waals surface area (Å²) in [7, 11) is 1.84. The van der Waals surface area contributed by atoms with Gasteiger partial charge in [-0.25, -0.2) is 0 Å². The Morgan fingerprint density at radius 3 is 2.69 bits per heavy atom. The maximum Gasteiger partial charge on any atom is 0.317 e. The fourth-order valence-electron chi connectivity index (χ4n) is 3.44. The van der Waals surface area contributed by atoms with Gasteiger partial charge in [0.25, 0.3) is 5.91 Å². The Balaban J connectivity index is 1.97. The van der Waals surface area contributed by atoms with E-state index in [2.05, 4.69) is 0 Å². The van der Waals surface area contributed by atoms with Crippen LogP contribution in [0.4, 0.5) is 0 Å². The highest BCUT2D eigenvalue weighted by atomic mass is 16.5. The molecule has 1 saturated heterocycles. The van der Waals surface area contributed by atoms with E-state index in [4.69, 9.17) is 9.84 Å². The van der Waals surface area contributed by atoms with Crippen molar-refractivity contribution in [3.05, 3.63) is 29.8 Å². The van der Waals surface area contributed by atoms with Crippen LogP contribution >= 0.6 is 0 Å². The van der Waals surface area contributed by atoms with Gasteiger partial charge >= 0.3 is 5.97 Å². The van der Waals surface area contributed by atoms with Gasteiger partial charge in [0.1, 0.15) is 5.75 Å². The maximum atomic E-state index is 12.9. The van der Waals surface area contributed by atoms with E-state index in [1.807, 2.05) is 55.0 Å². The summed E-state index contributed by atoms with van der Waals surface area (Å²) in [5, 5.41) is 8.97. The summed E-state index contributed by atoms with van der Waals surface area (Å²) < 4.78 is 6.00. The quantitative estimate of drug-likeness (QED) is 0.807. The molecule has 0 spiro atoms. The second-order valence-electron chi connectivity index (χ2n) is 7.00. The molecule has 1 amide bonds. The van der Waals surface area contributed by atoms with Gasteiger partial charge in [-0.15, -0.1) is 0 Å². The van der Waals surface area contributed by atoms with Crippen LogP contribution in [0.1, 0.15) is 38.2 Å². The van der Waals surface area contributed by atoms with Crippen molar-refractivity contribution in [2.24, 2.45) is 0 Å². The molecule has 1 N–H and O–H groups in total. The first kappa shape index (κ1) is 20.2. The summed E-state index contributed by atoms with van der Waals surface area (Å²) in [6.45, 7) is 5.31. The van der Waals surface area contributed by atoms with E-state index in [1.165, 1.54) is 0 Å². The number of carbonyl (C=O) groups is 2. The van der Waals surface area contributed by atoms with Crippen molar-refractivity contribution >= 4 is 11.9 Å². The standard InChI is InChI=1S/C20H30N2O4/c1-4-17(26-18-10-6-5-8-15(18)2)20(25)22-12-7-9-16(11-13-22)21(3)14-19(23)24/h5-6,8,10,16-17H,4,7,9,11-14H2,1-3H3,(H,23,24). The summed E-state index contributed by atoms with van der Waals surface area (Å²) in [4.78, 5) is 27.6. The van der Waals surface area contributed by atoms with E-state index >= 15 is 0 Å². The Labute approximate surface area is 155 Å². The van der Waals surface area contributed by atoms with Crippen LogP contribution in [0.2, 0.25) is 0 Å². The molecule has 144 valence electrons. The molecule has 6 nitrogen and oxygen atoms in total. The van der Waals surface area contributed by atoms with Crippen molar-refractivity contribution < 1.29 is 19.4 Å². The molecule has 1 heterocycles. The molecule has 1 aliphatic heterocycles.